The molecular formula is C14H13N3O2. The Morgan fingerprint density at radius 1 is 0.895 bits per heavy atom. The van der Waals surface area contributed by atoms with Crippen molar-refractivity contribution in [2.24, 2.45) is 0 Å². The number of imide groups is 1. The Morgan fingerprint density at radius 3 is 2.21 bits per heavy atom. The normalized spacial score (nSPS) is 9.68. The summed E-state index contributed by atoms with van der Waals surface area (Å²) in [6.07, 6.45) is 0. The number of nitrogens with two attached hydrogens (primary N) is 1. The van der Waals surface area contributed by atoms with E-state index in [4.69, 9.17) is 5.73 Å². The number of nitrogen functional groups attached to an aromatic ring is 1. The summed E-state index contributed by atoms with van der Waals surface area (Å²) in [6.45, 7) is 0. The number of hydrogen-bond donors (Lipinski definition) is 3. The second-order valence-electron chi connectivity index (χ2n) is 3.86. The highest BCUT2D eigenvalue weighted by Crippen LogP contribution is 2.10. The number of amides is 3. The summed E-state index contributed by atoms with van der Waals surface area (Å²) in [6, 6.07) is 14.8. The van der Waals surface area contributed by atoms with Gasteiger partial charge in [0.15, 0.2) is 0 Å². The van der Waals surface area contributed by atoms with Gasteiger partial charge in [0.05, 0.1) is 5.56 Å². The Bertz CT molecular complexity index is 597. The van der Waals surface area contributed by atoms with Gasteiger partial charge in [-0.05, 0) is 24.3 Å². The molecule has 0 fully saturated rings. The fourth-order valence-electron chi connectivity index (χ4n) is 1.56. The number of para-hydroxylation sites is 2. The predicted molar refractivity (Wildman–Crippen MR) is 73.8 cm³/mol. The number of hydrogen-bond acceptors (Lipinski definition) is 3. The molecular weight excluding hydrogens is 242 g/mol. The maximum Gasteiger partial charge on any atom is 0.326 e. The molecule has 0 spiro atoms. The highest BCUT2D eigenvalue weighted by atomic mass is 16.2. The SMILES string of the molecule is Nc1ccccc1C(=O)NC(=O)Nc1ccccc1. The molecule has 19 heavy (non-hydrogen) atoms. The van der Waals surface area contributed by atoms with Gasteiger partial charge in [0, 0.05) is 11.4 Å². The van der Waals surface area contributed by atoms with E-state index in [0.29, 0.717) is 11.4 Å². The second-order valence-corrected chi connectivity index (χ2v) is 3.86. The highest BCUT2D eigenvalue weighted by Gasteiger charge is 2.12. The van der Waals surface area contributed by atoms with Crippen molar-refractivity contribution in [1.82, 2.24) is 5.32 Å². The molecule has 0 radical (unpaired) electrons. The molecule has 4 N–H and O–H groups in total. The molecule has 5 nitrogen and oxygen atoms in total. The molecule has 2 rings (SSSR count). The van der Waals surface area contributed by atoms with Crippen LogP contribution in [0.15, 0.2) is 54.6 Å². The lowest BCUT2D eigenvalue weighted by atomic mass is 10.2. The van der Waals surface area contributed by atoms with Crippen LogP contribution in [0.1, 0.15) is 10.4 Å². The third kappa shape index (κ3) is 3.32. The maximum absolute atomic E-state index is 11.8. The summed E-state index contributed by atoms with van der Waals surface area (Å²) in [7, 11) is 0. The number of anilines is 2. The van der Waals surface area contributed by atoms with Crippen LogP contribution in [0.2, 0.25) is 0 Å². The van der Waals surface area contributed by atoms with Crippen LogP contribution in [0.25, 0.3) is 0 Å². The Balaban J connectivity index is 2.00. The topological polar surface area (TPSA) is 84.2 Å². The third-order valence-electron chi connectivity index (χ3n) is 2.46. The molecule has 0 unspecified atom stereocenters. The van der Waals surface area contributed by atoms with Gasteiger partial charge in [-0.2, -0.15) is 0 Å². The van der Waals surface area contributed by atoms with Gasteiger partial charge in [0.1, 0.15) is 0 Å². The molecule has 0 saturated heterocycles. The molecule has 0 saturated carbocycles. The molecule has 2 aromatic rings. The van der Waals surface area contributed by atoms with Gasteiger partial charge in [-0.15, -0.1) is 0 Å². The van der Waals surface area contributed by atoms with Gasteiger partial charge < -0.3 is 11.1 Å². The Hall–Kier alpha value is -2.82. The van der Waals surface area contributed by atoms with E-state index in [2.05, 4.69) is 10.6 Å². The molecule has 0 atom stereocenters. The zero-order valence-corrected chi connectivity index (χ0v) is 10.1. The van der Waals surface area contributed by atoms with E-state index in [1.54, 1.807) is 48.5 Å². The largest absolute Gasteiger partial charge is 0.398 e. The number of benzene rings is 2. The van der Waals surface area contributed by atoms with Gasteiger partial charge in [0.2, 0.25) is 0 Å². The molecule has 0 heterocycles. The zero-order chi connectivity index (χ0) is 13.7. The van der Waals surface area contributed by atoms with Gasteiger partial charge in [-0.25, -0.2) is 4.79 Å². The number of carbonyl (C=O) groups is 2. The summed E-state index contributed by atoms with van der Waals surface area (Å²) in [5.74, 6) is -0.536. The molecule has 0 aliphatic carbocycles. The van der Waals surface area contributed by atoms with Crippen molar-refractivity contribution in [3.63, 3.8) is 0 Å². The fourth-order valence-corrected chi connectivity index (χ4v) is 1.56. The second kappa shape index (κ2) is 5.68. The summed E-state index contributed by atoms with van der Waals surface area (Å²) in [4.78, 5) is 23.4. The summed E-state index contributed by atoms with van der Waals surface area (Å²) >= 11 is 0. The van der Waals surface area contributed by atoms with Crippen LogP contribution in [0.4, 0.5) is 16.2 Å². The van der Waals surface area contributed by atoms with Crippen molar-refractivity contribution in [3.8, 4) is 0 Å². The Labute approximate surface area is 110 Å². The molecule has 5 heteroatoms. The lowest BCUT2D eigenvalue weighted by Crippen LogP contribution is -2.34. The Morgan fingerprint density at radius 2 is 1.53 bits per heavy atom. The molecule has 0 bridgehead atoms. The van der Waals surface area contributed by atoms with E-state index in [9.17, 15) is 9.59 Å². The minimum Gasteiger partial charge on any atom is -0.398 e. The van der Waals surface area contributed by atoms with Crippen LogP contribution in [0.5, 0.6) is 0 Å². The number of carbonyl (C=O) groups excluding carboxylic acids is 2. The third-order valence-corrected chi connectivity index (χ3v) is 2.46. The van der Waals surface area contributed by atoms with Crippen LogP contribution in [0.3, 0.4) is 0 Å². The molecule has 0 aromatic heterocycles. The molecule has 3 amide bonds. The number of urea groups is 1. The lowest BCUT2D eigenvalue weighted by molar-refractivity contribution is 0.0968. The maximum atomic E-state index is 11.8. The number of nitrogens with one attached hydrogen (secondary N) is 2. The van der Waals surface area contributed by atoms with E-state index in [1.165, 1.54) is 0 Å². The van der Waals surface area contributed by atoms with E-state index >= 15 is 0 Å². The van der Waals surface area contributed by atoms with Crippen molar-refractivity contribution >= 4 is 23.3 Å². The Kier molecular flexibility index (Phi) is 3.78. The minimum absolute atomic E-state index is 0.269. The molecule has 0 aliphatic rings. The quantitative estimate of drug-likeness (QED) is 0.719. The monoisotopic (exact) mass is 255 g/mol. The summed E-state index contributed by atoms with van der Waals surface area (Å²) in [5.41, 5.74) is 6.86. The highest BCUT2D eigenvalue weighted by molar-refractivity contribution is 6.10. The van der Waals surface area contributed by atoms with Crippen LogP contribution in [-0.2, 0) is 0 Å². The van der Waals surface area contributed by atoms with Gasteiger partial charge in [0.25, 0.3) is 5.91 Å². The van der Waals surface area contributed by atoms with Crippen LogP contribution < -0.4 is 16.4 Å². The lowest BCUT2D eigenvalue weighted by Gasteiger charge is -2.07. The first-order valence-corrected chi connectivity index (χ1v) is 5.68. The first-order valence-electron chi connectivity index (χ1n) is 5.68. The average Bonchev–Trinajstić information content (AvgIpc) is 2.40. The van der Waals surface area contributed by atoms with Crippen molar-refractivity contribution in [2.75, 3.05) is 11.1 Å². The van der Waals surface area contributed by atoms with E-state index in [0.717, 1.165) is 0 Å². The van der Waals surface area contributed by atoms with Gasteiger partial charge >= 0.3 is 6.03 Å². The number of rotatable bonds is 2. The first-order chi connectivity index (χ1) is 9.16. The van der Waals surface area contributed by atoms with Crippen LogP contribution >= 0.6 is 0 Å². The van der Waals surface area contributed by atoms with Crippen LogP contribution in [-0.4, -0.2) is 11.9 Å². The predicted octanol–water partition coefficient (Wildman–Crippen LogP) is 2.23. The standard InChI is InChI=1S/C14H13N3O2/c15-12-9-5-4-8-11(12)13(18)17-14(19)16-10-6-2-1-3-7-10/h1-9H,15H2,(H2,16,17,18,19). The van der Waals surface area contributed by atoms with Crippen molar-refractivity contribution in [1.29, 1.82) is 0 Å². The molecule has 0 aliphatic heterocycles. The zero-order valence-electron chi connectivity index (χ0n) is 10.1. The van der Waals surface area contributed by atoms with E-state index < -0.39 is 11.9 Å². The first kappa shape index (κ1) is 12.6. The van der Waals surface area contributed by atoms with E-state index in [1.807, 2.05) is 6.07 Å². The average molecular weight is 255 g/mol. The molecule has 2 aromatic carbocycles. The van der Waals surface area contributed by atoms with E-state index in [-0.39, 0.29) is 5.56 Å². The molecule has 96 valence electrons. The van der Waals surface area contributed by atoms with Gasteiger partial charge in [-0.1, -0.05) is 30.3 Å². The fraction of sp³-hybridized carbons (Fsp3) is 0. The van der Waals surface area contributed by atoms with Gasteiger partial charge in [-0.3, -0.25) is 10.1 Å². The van der Waals surface area contributed by atoms with Crippen molar-refractivity contribution in [2.45, 2.75) is 0 Å². The van der Waals surface area contributed by atoms with Crippen molar-refractivity contribution < 1.29 is 9.59 Å². The minimum atomic E-state index is -0.598. The summed E-state index contributed by atoms with van der Waals surface area (Å²) < 4.78 is 0. The summed E-state index contributed by atoms with van der Waals surface area (Å²) in [5, 5.41) is 4.77. The van der Waals surface area contributed by atoms with Crippen LogP contribution in [0, 0.1) is 0 Å². The smallest absolute Gasteiger partial charge is 0.326 e. The van der Waals surface area contributed by atoms with Crippen molar-refractivity contribution in [3.05, 3.63) is 60.2 Å².